The van der Waals surface area contributed by atoms with E-state index in [9.17, 15) is 4.79 Å². The quantitative estimate of drug-likeness (QED) is 0.529. The average Bonchev–Trinajstić information content (AvgIpc) is 2.68. The Balaban J connectivity index is 1.85. The zero-order valence-corrected chi connectivity index (χ0v) is 15.3. The molecule has 9 nitrogen and oxygen atoms in total. The maximum atomic E-state index is 11.7. The SMILES string of the molecule is COC(=O)C(C)Sc1nc(N2CCOCC2)nc(N2CCOCC2)n1. The minimum absolute atomic E-state index is 0.300. The Hall–Kier alpha value is -1.65. The van der Waals surface area contributed by atoms with Crippen LogP contribution in [0.1, 0.15) is 6.92 Å². The predicted molar refractivity (Wildman–Crippen MR) is 93.2 cm³/mol. The number of anilines is 2. The van der Waals surface area contributed by atoms with Gasteiger partial charge in [-0.3, -0.25) is 4.79 Å². The van der Waals surface area contributed by atoms with Crippen LogP contribution in [0.3, 0.4) is 0 Å². The molecule has 0 radical (unpaired) electrons. The Morgan fingerprint density at radius 1 is 1.00 bits per heavy atom. The van der Waals surface area contributed by atoms with Gasteiger partial charge in [0.05, 0.1) is 33.5 Å². The number of nitrogens with zero attached hydrogens (tertiary/aromatic N) is 5. The zero-order chi connectivity index (χ0) is 17.6. The van der Waals surface area contributed by atoms with Gasteiger partial charge >= 0.3 is 5.97 Å². The number of morpholine rings is 2. The highest BCUT2D eigenvalue weighted by molar-refractivity contribution is 8.00. The first-order valence-electron chi connectivity index (χ1n) is 8.33. The van der Waals surface area contributed by atoms with Crippen molar-refractivity contribution in [2.45, 2.75) is 17.3 Å². The lowest BCUT2D eigenvalue weighted by molar-refractivity contribution is -0.139. The third-order valence-electron chi connectivity index (χ3n) is 3.99. The van der Waals surface area contributed by atoms with Crippen molar-refractivity contribution in [1.82, 2.24) is 15.0 Å². The summed E-state index contributed by atoms with van der Waals surface area (Å²) in [5, 5.41) is 0.137. The van der Waals surface area contributed by atoms with Crippen molar-refractivity contribution in [3.8, 4) is 0 Å². The van der Waals surface area contributed by atoms with E-state index in [1.165, 1.54) is 18.9 Å². The fourth-order valence-electron chi connectivity index (χ4n) is 2.57. The molecule has 0 aliphatic carbocycles. The summed E-state index contributed by atoms with van der Waals surface area (Å²) in [6.45, 7) is 7.35. The van der Waals surface area contributed by atoms with Crippen LogP contribution in [0.5, 0.6) is 0 Å². The summed E-state index contributed by atoms with van der Waals surface area (Å²) in [6.07, 6.45) is 0. The average molecular weight is 369 g/mol. The lowest BCUT2D eigenvalue weighted by Gasteiger charge is -2.30. The van der Waals surface area contributed by atoms with E-state index in [0.717, 1.165) is 26.2 Å². The van der Waals surface area contributed by atoms with Crippen LogP contribution in [0.4, 0.5) is 11.9 Å². The van der Waals surface area contributed by atoms with Gasteiger partial charge in [-0.15, -0.1) is 0 Å². The van der Waals surface area contributed by atoms with Crippen molar-refractivity contribution in [2.75, 3.05) is 69.5 Å². The van der Waals surface area contributed by atoms with Gasteiger partial charge in [-0.05, 0) is 6.92 Å². The van der Waals surface area contributed by atoms with Crippen molar-refractivity contribution in [2.24, 2.45) is 0 Å². The number of aromatic nitrogens is 3. The molecule has 2 aliphatic rings. The topological polar surface area (TPSA) is 89.9 Å². The predicted octanol–water partition coefficient (Wildman–Crippen LogP) is 0.198. The van der Waals surface area contributed by atoms with Crippen LogP contribution in [-0.4, -0.2) is 85.9 Å². The van der Waals surface area contributed by atoms with Crippen molar-refractivity contribution in [3.63, 3.8) is 0 Å². The smallest absolute Gasteiger partial charge is 0.318 e. The molecule has 10 heteroatoms. The van der Waals surface area contributed by atoms with E-state index in [0.29, 0.717) is 43.5 Å². The number of ether oxygens (including phenoxy) is 3. The third-order valence-corrected chi connectivity index (χ3v) is 4.93. The number of carbonyl (C=O) groups is 1. The molecule has 0 aromatic carbocycles. The molecular formula is C15H23N5O4S. The first-order chi connectivity index (χ1) is 12.2. The highest BCUT2D eigenvalue weighted by Crippen LogP contribution is 2.25. The molecule has 1 atom stereocenters. The van der Waals surface area contributed by atoms with Gasteiger partial charge < -0.3 is 24.0 Å². The Bertz CT molecular complexity index is 557. The van der Waals surface area contributed by atoms with Gasteiger partial charge in [-0.1, -0.05) is 11.8 Å². The molecule has 0 spiro atoms. The Morgan fingerprint density at radius 2 is 1.48 bits per heavy atom. The number of thioether (sulfide) groups is 1. The Kier molecular flexibility index (Phi) is 6.27. The minimum Gasteiger partial charge on any atom is -0.468 e. The molecule has 1 aromatic rings. The Morgan fingerprint density at radius 3 is 1.92 bits per heavy atom. The zero-order valence-electron chi connectivity index (χ0n) is 14.5. The van der Waals surface area contributed by atoms with Crippen LogP contribution in [-0.2, 0) is 19.0 Å². The van der Waals surface area contributed by atoms with Gasteiger partial charge in [0.25, 0.3) is 0 Å². The summed E-state index contributed by atoms with van der Waals surface area (Å²) in [5.41, 5.74) is 0. The molecule has 0 N–H and O–H groups in total. The van der Waals surface area contributed by atoms with Crippen LogP contribution in [0.2, 0.25) is 0 Å². The molecule has 1 unspecified atom stereocenters. The van der Waals surface area contributed by atoms with E-state index in [1.807, 2.05) is 0 Å². The number of hydrogen-bond acceptors (Lipinski definition) is 10. The van der Waals surface area contributed by atoms with Crippen LogP contribution >= 0.6 is 11.8 Å². The second-order valence-electron chi connectivity index (χ2n) is 5.70. The fourth-order valence-corrected chi connectivity index (χ4v) is 3.35. The Labute approximate surface area is 151 Å². The minimum atomic E-state index is -0.387. The second-order valence-corrected chi connectivity index (χ2v) is 7.01. The largest absolute Gasteiger partial charge is 0.468 e. The van der Waals surface area contributed by atoms with Crippen molar-refractivity contribution < 1.29 is 19.0 Å². The van der Waals surface area contributed by atoms with E-state index in [1.54, 1.807) is 6.92 Å². The molecule has 2 fully saturated rings. The standard InChI is InChI=1S/C15H23N5O4S/c1-11(12(21)22-2)25-15-17-13(19-3-7-23-8-4-19)16-14(18-15)20-5-9-24-10-6-20/h11H,3-10H2,1-2H3. The van der Waals surface area contributed by atoms with E-state index in [-0.39, 0.29) is 11.2 Å². The summed E-state index contributed by atoms with van der Waals surface area (Å²) in [6, 6.07) is 0. The van der Waals surface area contributed by atoms with Gasteiger partial charge in [-0.2, -0.15) is 15.0 Å². The number of methoxy groups -OCH3 is 1. The maximum Gasteiger partial charge on any atom is 0.318 e. The summed E-state index contributed by atoms with van der Waals surface area (Å²) < 4.78 is 15.6. The van der Waals surface area contributed by atoms with Gasteiger partial charge in [0.1, 0.15) is 5.25 Å². The highest BCUT2D eigenvalue weighted by Gasteiger charge is 2.23. The number of hydrogen-bond donors (Lipinski definition) is 0. The van der Waals surface area contributed by atoms with E-state index >= 15 is 0 Å². The third kappa shape index (κ3) is 4.71. The van der Waals surface area contributed by atoms with E-state index in [2.05, 4.69) is 24.8 Å². The van der Waals surface area contributed by atoms with Gasteiger partial charge in [0.2, 0.25) is 11.9 Å². The monoisotopic (exact) mass is 369 g/mol. The van der Waals surface area contributed by atoms with E-state index < -0.39 is 0 Å². The second kappa shape index (κ2) is 8.63. The summed E-state index contributed by atoms with van der Waals surface area (Å²) in [7, 11) is 1.38. The van der Waals surface area contributed by atoms with Crippen molar-refractivity contribution >= 4 is 29.6 Å². The van der Waals surface area contributed by atoms with Crippen molar-refractivity contribution in [1.29, 1.82) is 0 Å². The van der Waals surface area contributed by atoms with Crippen LogP contribution in [0, 0.1) is 0 Å². The molecule has 1 aromatic heterocycles. The molecular weight excluding hydrogens is 346 g/mol. The maximum absolute atomic E-state index is 11.7. The lowest BCUT2D eigenvalue weighted by Crippen LogP contribution is -2.40. The molecule has 2 aliphatic heterocycles. The van der Waals surface area contributed by atoms with Crippen LogP contribution in [0.15, 0.2) is 5.16 Å². The highest BCUT2D eigenvalue weighted by atomic mass is 32.2. The number of carbonyl (C=O) groups excluding carboxylic acids is 1. The fraction of sp³-hybridized carbons (Fsp3) is 0.733. The molecule has 25 heavy (non-hydrogen) atoms. The van der Waals surface area contributed by atoms with Gasteiger partial charge in [-0.25, -0.2) is 0 Å². The number of esters is 1. The number of rotatable bonds is 5. The molecule has 0 saturated carbocycles. The first-order valence-corrected chi connectivity index (χ1v) is 9.21. The molecule has 3 rings (SSSR count). The molecule has 0 amide bonds. The van der Waals surface area contributed by atoms with Gasteiger partial charge in [0, 0.05) is 26.2 Å². The van der Waals surface area contributed by atoms with Crippen LogP contribution in [0.25, 0.3) is 0 Å². The summed E-state index contributed by atoms with van der Waals surface area (Å²) in [5.74, 6) is 0.949. The normalized spacial score (nSPS) is 19.6. The van der Waals surface area contributed by atoms with Crippen molar-refractivity contribution in [3.05, 3.63) is 0 Å². The van der Waals surface area contributed by atoms with Crippen LogP contribution < -0.4 is 9.80 Å². The summed E-state index contributed by atoms with van der Waals surface area (Å²) >= 11 is 1.28. The molecule has 138 valence electrons. The lowest BCUT2D eigenvalue weighted by atomic mass is 10.4. The van der Waals surface area contributed by atoms with E-state index in [4.69, 9.17) is 14.2 Å². The van der Waals surface area contributed by atoms with Gasteiger partial charge in [0.15, 0.2) is 5.16 Å². The molecule has 3 heterocycles. The first kappa shape index (κ1) is 18.2. The summed E-state index contributed by atoms with van der Waals surface area (Å²) in [4.78, 5) is 29.6. The molecule has 0 bridgehead atoms. The molecule has 2 saturated heterocycles.